The molecule has 0 saturated heterocycles. The first-order valence-corrected chi connectivity index (χ1v) is 5.64. The van der Waals surface area contributed by atoms with E-state index >= 15 is 0 Å². The standard InChI is InChI=1S/C14H9ClN2O/c15-13-5-1-12(2-6-13)10-17(18)14-7-3-11(9-16)4-8-14/h1-8,10H. The second-order valence-electron chi connectivity index (χ2n) is 3.67. The average Bonchev–Trinajstić information content (AvgIpc) is 2.41. The number of benzene rings is 2. The summed E-state index contributed by atoms with van der Waals surface area (Å²) in [4.78, 5) is 0. The average molecular weight is 257 g/mol. The molecule has 0 N–H and O–H groups in total. The number of nitrogens with zero attached hydrogens (tertiary/aromatic N) is 2. The van der Waals surface area contributed by atoms with Crippen LogP contribution in [0.4, 0.5) is 5.69 Å². The van der Waals surface area contributed by atoms with Crippen LogP contribution in [0.25, 0.3) is 0 Å². The lowest BCUT2D eigenvalue weighted by Crippen LogP contribution is -1.98. The van der Waals surface area contributed by atoms with Crippen LogP contribution >= 0.6 is 11.6 Å². The van der Waals surface area contributed by atoms with E-state index in [9.17, 15) is 5.21 Å². The summed E-state index contributed by atoms with van der Waals surface area (Å²) in [5.74, 6) is 0. The summed E-state index contributed by atoms with van der Waals surface area (Å²) in [7, 11) is 0. The van der Waals surface area contributed by atoms with Crippen molar-refractivity contribution in [1.29, 1.82) is 5.26 Å². The Balaban J connectivity index is 2.27. The molecule has 0 aliphatic rings. The zero-order valence-corrected chi connectivity index (χ0v) is 10.1. The molecule has 0 amide bonds. The van der Waals surface area contributed by atoms with Gasteiger partial charge in [0.25, 0.3) is 0 Å². The fourth-order valence-electron chi connectivity index (χ4n) is 1.44. The Morgan fingerprint density at radius 3 is 2.22 bits per heavy atom. The van der Waals surface area contributed by atoms with E-state index in [1.165, 1.54) is 6.21 Å². The number of rotatable bonds is 2. The maximum absolute atomic E-state index is 11.8. The SMILES string of the molecule is N#Cc1ccc([N+]([O-])=Cc2ccc(Cl)cc2)cc1. The fourth-order valence-corrected chi connectivity index (χ4v) is 1.57. The maximum atomic E-state index is 11.8. The van der Waals surface area contributed by atoms with E-state index in [0.29, 0.717) is 16.3 Å². The molecule has 18 heavy (non-hydrogen) atoms. The van der Waals surface area contributed by atoms with Gasteiger partial charge in [-0.25, -0.2) is 0 Å². The minimum absolute atomic E-state index is 0.476. The molecule has 0 spiro atoms. The maximum Gasteiger partial charge on any atom is 0.216 e. The van der Waals surface area contributed by atoms with Gasteiger partial charge in [-0.3, -0.25) is 0 Å². The number of nitriles is 1. The van der Waals surface area contributed by atoms with Gasteiger partial charge in [0.2, 0.25) is 5.69 Å². The van der Waals surface area contributed by atoms with Crippen LogP contribution in [0, 0.1) is 16.5 Å². The van der Waals surface area contributed by atoms with E-state index in [0.717, 1.165) is 10.3 Å². The third-order valence-corrected chi connectivity index (χ3v) is 2.64. The van der Waals surface area contributed by atoms with Crippen LogP contribution in [-0.4, -0.2) is 11.0 Å². The number of hydrogen-bond acceptors (Lipinski definition) is 2. The minimum atomic E-state index is 0.476. The van der Waals surface area contributed by atoms with Gasteiger partial charge in [0.05, 0.1) is 11.6 Å². The smallest absolute Gasteiger partial charge is 0.216 e. The third-order valence-electron chi connectivity index (χ3n) is 2.39. The Bertz CT molecular complexity index is 610. The first-order chi connectivity index (χ1) is 8.69. The summed E-state index contributed by atoms with van der Waals surface area (Å²) < 4.78 is 0.754. The Labute approximate surface area is 110 Å². The van der Waals surface area contributed by atoms with Gasteiger partial charge in [0.1, 0.15) is 0 Å². The lowest BCUT2D eigenvalue weighted by molar-refractivity contribution is -0.354. The van der Waals surface area contributed by atoms with Crippen molar-refractivity contribution in [3.8, 4) is 6.07 Å². The van der Waals surface area contributed by atoms with Gasteiger partial charge in [-0.05, 0) is 36.4 Å². The molecule has 0 radical (unpaired) electrons. The molecule has 3 nitrogen and oxygen atoms in total. The minimum Gasteiger partial charge on any atom is -0.618 e. The van der Waals surface area contributed by atoms with Crippen molar-refractivity contribution >= 4 is 23.5 Å². The lowest BCUT2D eigenvalue weighted by atomic mass is 10.2. The van der Waals surface area contributed by atoms with Gasteiger partial charge in [-0.1, -0.05) is 11.6 Å². The molecule has 88 valence electrons. The summed E-state index contributed by atoms with van der Waals surface area (Å²) in [6, 6.07) is 15.4. The fraction of sp³-hybridized carbons (Fsp3) is 0. The second kappa shape index (κ2) is 5.35. The summed E-state index contributed by atoms with van der Waals surface area (Å²) in [5.41, 5.74) is 1.77. The number of halogens is 1. The summed E-state index contributed by atoms with van der Waals surface area (Å²) in [5, 5.41) is 21.1. The first kappa shape index (κ1) is 12.2. The topological polar surface area (TPSA) is 49.9 Å². The predicted molar refractivity (Wildman–Crippen MR) is 71.1 cm³/mol. The molecule has 0 fully saturated rings. The van der Waals surface area contributed by atoms with E-state index in [1.807, 2.05) is 6.07 Å². The quantitative estimate of drug-likeness (QED) is 0.357. The molecule has 2 aromatic rings. The van der Waals surface area contributed by atoms with Gasteiger partial charge >= 0.3 is 0 Å². The Morgan fingerprint density at radius 2 is 1.67 bits per heavy atom. The normalized spacial score (nSPS) is 11.0. The molecule has 0 unspecified atom stereocenters. The highest BCUT2D eigenvalue weighted by Gasteiger charge is 2.02. The number of hydrogen-bond donors (Lipinski definition) is 0. The van der Waals surface area contributed by atoms with E-state index in [1.54, 1.807) is 48.5 Å². The lowest BCUT2D eigenvalue weighted by Gasteiger charge is -2.02. The van der Waals surface area contributed by atoms with Crippen LogP contribution in [0.15, 0.2) is 48.5 Å². The zero-order valence-electron chi connectivity index (χ0n) is 9.38. The molecule has 0 saturated carbocycles. The van der Waals surface area contributed by atoms with Crippen molar-refractivity contribution in [2.45, 2.75) is 0 Å². The summed E-state index contributed by atoms with van der Waals surface area (Å²) in [6.07, 6.45) is 1.46. The van der Waals surface area contributed by atoms with Crippen molar-refractivity contribution in [2.75, 3.05) is 0 Å². The van der Waals surface area contributed by atoms with E-state index in [2.05, 4.69) is 0 Å². The molecular formula is C14H9ClN2O. The van der Waals surface area contributed by atoms with Gasteiger partial charge in [0, 0.05) is 22.7 Å². The highest BCUT2D eigenvalue weighted by Crippen LogP contribution is 2.13. The third kappa shape index (κ3) is 2.88. The highest BCUT2D eigenvalue weighted by molar-refractivity contribution is 6.30. The molecule has 2 aromatic carbocycles. The van der Waals surface area contributed by atoms with Gasteiger partial charge in [-0.15, -0.1) is 0 Å². The van der Waals surface area contributed by atoms with Crippen LogP contribution in [0.5, 0.6) is 0 Å². The van der Waals surface area contributed by atoms with Crippen LogP contribution in [0.2, 0.25) is 5.02 Å². The molecule has 0 aliphatic heterocycles. The predicted octanol–water partition coefficient (Wildman–Crippen LogP) is 3.47. The van der Waals surface area contributed by atoms with Gasteiger partial charge < -0.3 is 5.21 Å². The van der Waals surface area contributed by atoms with E-state index < -0.39 is 0 Å². The summed E-state index contributed by atoms with van der Waals surface area (Å²) in [6.45, 7) is 0. The van der Waals surface area contributed by atoms with Crippen molar-refractivity contribution in [1.82, 2.24) is 0 Å². The van der Waals surface area contributed by atoms with Gasteiger partial charge in [-0.2, -0.15) is 10.0 Å². The molecule has 4 heteroatoms. The van der Waals surface area contributed by atoms with Crippen molar-refractivity contribution < 1.29 is 4.74 Å². The Hall–Kier alpha value is -2.31. The molecule has 0 aliphatic carbocycles. The molecule has 0 heterocycles. The Kier molecular flexibility index (Phi) is 3.61. The van der Waals surface area contributed by atoms with Crippen LogP contribution < -0.4 is 0 Å². The molecule has 0 atom stereocenters. The largest absolute Gasteiger partial charge is 0.618 e. The van der Waals surface area contributed by atoms with E-state index in [-0.39, 0.29) is 0 Å². The summed E-state index contributed by atoms with van der Waals surface area (Å²) >= 11 is 5.76. The molecule has 2 rings (SSSR count). The first-order valence-electron chi connectivity index (χ1n) is 5.26. The monoisotopic (exact) mass is 256 g/mol. The molecular weight excluding hydrogens is 248 g/mol. The van der Waals surface area contributed by atoms with Crippen LogP contribution in [0.3, 0.4) is 0 Å². The van der Waals surface area contributed by atoms with E-state index in [4.69, 9.17) is 16.9 Å². The van der Waals surface area contributed by atoms with Crippen molar-refractivity contribution in [3.63, 3.8) is 0 Å². The zero-order chi connectivity index (χ0) is 13.0. The molecule has 0 aromatic heterocycles. The van der Waals surface area contributed by atoms with Crippen molar-refractivity contribution in [3.05, 3.63) is 69.9 Å². The second-order valence-corrected chi connectivity index (χ2v) is 4.10. The highest BCUT2D eigenvalue weighted by atomic mass is 35.5. The van der Waals surface area contributed by atoms with Crippen molar-refractivity contribution in [2.24, 2.45) is 0 Å². The Morgan fingerprint density at radius 1 is 1.06 bits per heavy atom. The van der Waals surface area contributed by atoms with Crippen LogP contribution in [0.1, 0.15) is 11.1 Å². The molecule has 0 bridgehead atoms. The van der Waals surface area contributed by atoms with Gasteiger partial charge in [0.15, 0.2) is 6.21 Å². The van der Waals surface area contributed by atoms with Crippen LogP contribution in [-0.2, 0) is 0 Å².